The van der Waals surface area contributed by atoms with Gasteiger partial charge in [0, 0.05) is 18.8 Å². The van der Waals surface area contributed by atoms with E-state index in [4.69, 9.17) is 11.6 Å². The minimum atomic E-state index is 0.771. The molecular weight excluding hydrogens is 184 g/mol. The van der Waals surface area contributed by atoms with E-state index >= 15 is 0 Å². The maximum atomic E-state index is 6.07. The van der Waals surface area contributed by atoms with Crippen LogP contribution in [0.1, 0.15) is 18.5 Å². The van der Waals surface area contributed by atoms with E-state index in [-0.39, 0.29) is 0 Å². The van der Waals surface area contributed by atoms with E-state index in [1.807, 2.05) is 19.1 Å². The van der Waals surface area contributed by atoms with Crippen molar-refractivity contribution in [3.8, 4) is 0 Å². The van der Waals surface area contributed by atoms with Crippen molar-refractivity contribution in [2.45, 2.75) is 19.8 Å². The second-order valence-electron chi connectivity index (χ2n) is 3.45. The molecule has 2 rings (SSSR count). The Morgan fingerprint density at radius 2 is 2.00 bits per heavy atom. The smallest absolute Gasteiger partial charge is 0.147 e. The fourth-order valence-corrected chi connectivity index (χ4v) is 1.90. The SMILES string of the molecule is Cc1ccc(Cl)c(N2CCCC2)n1. The Morgan fingerprint density at radius 1 is 1.31 bits per heavy atom. The van der Waals surface area contributed by atoms with Crippen LogP contribution < -0.4 is 4.90 Å². The molecule has 1 aromatic heterocycles. The molecule has 0 amide bonds. The van der Waals surface area contributed by atoms with Crippen molar-refractivity contribution in [1.29, 1.82) is 0 Å². The highest BCUT2D eigenvalue weighted by molar-refractivity contribution is 6.32. The first-order chi connectivity index (χ1) is 6.27. The van der Waals surface area contributed by atoms with Gasteiger partial charge >= 0.3 is 0 Å². The molecule has 1 aliphatic heterocycles. The van der Waals surface area contributed by atoms with Gasteiger partial charge in [-0.2, -0.15) is 0 Å². The van der Waals surface area contributed by atoms with E-state index in [2.05, 4.69) is 9.88 Å². The van der Waals surface area contributed by atoms with Crippen molar-refractivity contribution in [3.05, 3.63) is 22.8 Å². The van der Waals surface area contributed by atoms with Crippen LogP contribution >= 0.6 is 11.6 Å². The number of pyridine rings is 1. The van der Waals surface area contributed by atoms with Crippen LogP contribution in [0.4, 0.5) is 5.82 Å². The fourth-order valence-electron chi connectivity index (χ4n) is 1.68. The zero-order valence-electron chi connectivity index (χ0n) is 7.76. The molecule has 0 N–H and O–H groups in total. The molecule has 3 heteroatoms. The van der Waals surface area contributed by atoms with Crippen molar-refractivity contribution in [1.82, 2.24) is 4.98 Å². The molecule has 1 saturated heterocycles. The van der Waals surface area contributed by atoms with Gasteiger partial charge in [-0.3, -0.25) is 0 Å². The minimum absolute atomic E-state index is 0.771. The summed E-state index contributed by atoms with van der Waals surface area (Å²) in [6, 6.07) is 3.87. The van der Waals surface area contributed by atoms with Gasteiger partial charge in [0.25, 0.3) is 0 Å². The Balaban J connectivity index is 2.32. The summed E-state index contributed by atoms with van der Waals surface area (Å²) in [5, 5.41) is 0.771. The quantitative estimate of drug-likeness (QED) is 0.687. The van der Waals surface area contributed by atoms with Crippen molar-refractivity contribution < 1.29 is 0 Å². The number of anilines is 1. The van der Waals surface area contributed by atoms with Crippen LogP contribution in [0.25, 0.3) is 0 Å². The van der Waals surface area contributed by atoms with Gasteiger partial charge in [0.15, 0.2) is 0 Å². The summed E-state index contributed by atoms with van der Waals surface area (Å²) in [6.07, 6.45) is 2.51. The zero-order valence-corrected chi connectivity index (χ0v) is 8.51. The third-order valence-corrected chi connectivity index (χ3v) is 2.67. The predicted octanol–water partition coefficient (Wildman–Crippen LogP) is 2.64. The molecule has 0 radical (unpaired) electrons. The number of nitrogens with zero attached hydrogens (tertiary/aromatic N) is 2. The molecule has 0 unspecified atom stereocenters. The molecule has 1 aromatic rings. The molecule has 13 heavy (non-hydrogen) atoms. The number of hydrogen-bond donors (Lipinski definition) is 0. The Labute approximate surface area is 83.5 Å². The number of halogens is 1. The van der Waals surface area contributed by atoms with Gasteiger partial charge in [-0.15, -0.1) is 0 Å². The Kier molecular flexibility index (Phi) is 2.40. The summed E-state index contributed by atoms with van der Waals surface area (Å²) in [5.41, 5.74) is 1.03. The van der Waals surface area contributed by atoms with Crippen molar-refractivity contribution in [3.63, 3.8) is 0 Å². The van der Waals surface area contributed by atoms with Gasteiger partial charge in [-0.1, -0.05) is 11.6 Å². The number of hydrogen-bond acceptors (Lipinski definition) is 2. The van der Waals surface area contributed by atoms with Crippen molar-refractivity contribution in [2.75, 3.05) is 18.0 Å². The molecule has 0 aromatic carbocycles. The number of rotatable bonds is 1. The second kappa shape index (κ2) is 3.54. The Hall–Kier alpha value is -0.760. The van der Waals surface area contributed by atoms with E-state index in [1.54, 1.807) is 0 Å². The molecule has 1 aliphatic rings. The lowest BCUT2D eigenvalue weighted by atomic mass is 10.3. The molecule has 70 valence electrons. The Morgan fingerprint density at radius 3 is 2.69 bits per heavy atom. The maximum absolute atomic E-state index is 6.07. The van der Waals surface area contributed by atoms with Gasteiger partial charge in [0.05, 0.1) is 5.02 Å². The lowest BCUT2D eigenvalue weighted by Gasteiger charge is -2.17. The predicted molar refractivity (Wildman–Crippen MR) is 55.4 cm³/mol. The first kappa shape index (κ1) is 8.82. The van der Waals surface area contributed by atoms with Crippen molar-refractivity contribution in [2.24, 2.45) is 0 Å². The minimum Gasteiger partial charge on any atom is -0.355 e. The fraction of sp³-hybridized carbons (Fsp3) is 0.500. The van der Waals surface area contributed by atoms with Crippen LogP contribution in [-0.4, -0.2) is 18.1 Å². The topological polar surface area (TPSA) is 16.1 Å². The first-order valence-electron chi connectivity index (χ1n) is 4.65. The van der Waals surface area contributed by atoms with E-state index in [1.165, 1.54) is 12.8 Å². The maximum Gasteiger partial charge on any atom is 0.147 e. The van der Waals surface area contributed by atoms with Crippen LogP contribution in [0.5, 0.6) is 0 Å². The van der Waals surface area contributed by atoms with Gasteiger partial charge in [0.1, 0.15) is 5.82 Å². The summed E-state index contributed by atoms with van der Waals surface area (Å²) in [6.45, 7) is 4.18. The molecule has 1 fully saturated rings. The zero-order chi connectivity index (χ0) is 9.26. The average molecular weight is 197 g/mol. The molecule has 2 nitrogen and oxygen atoms in total. The highest BCUT2D eigenvalue weighted by atomic mass is 35.5. The van der Waals surface area contributed by atoms with Crippen LogP contribution in [0.15, 0.2) is 12.1 Å². The van der Waals surface area contributed by atoms with E-state index in [0.717, 1.165) is 29.6 Å². The van der Waals surface area contributed by atoms with Gasteiger partial charge in [0.2, 0.25) is 0 Å². The lowest BCUT2D eigenvalue weighted by molar-refractivity contribution is 0.930. The summed E-state index contributed by atoms with van der Waals surface area (Å²) >= 11 is 6.07. The summed E-state index contributed by atoms with van der Waals surface area (Å²) < 4.78 is 0. The van der Waals surface area contributed by atoms with E-state index < -0.39 is 0 Å². The summed E-state index contributed by atoms with van der Waals surface area (Å²) in [7, 11) is 0. The summed E-state index contributed by atoms with van der Waals surface area (Å²) in [4.78, 5) is 6.71. The third-order valence-electron chi connectivity index (χ3n) is 2.37. The van der Waals surface area contributed by atoms with E-state index in [9.17, 15) is 0 Å². The molecular formula is C10H13ClN2. The van der Waals surface area contributed by atoms with Crippen LogP contribution in [0, 0.1) is 6.92 Å². The molecule has 0 bridgehead atoms. The molecule has 0 spiro atoms. The third kappa shape index (κ3) is 1.78. The van der Waals surface area contributed by atoms with Gasteiger partial charge in [-0.05, 0) is 31.9 Å². The van der Waals surface area contributed by atoms with Crippen molar-refractivity contribution >= 4 is 17.4 Å². The largest absolute Gasteiger partial charge is 0.355 e. The number of aryl methyl sites for hydroxylation is 1. The van der Waals surface area contributed by atoms with Gasteiger partial charge < -0.3 is 4.90 Å². The Bertz CT molecular complexity index is 306. The lowest BCUT2D eigenvalue weighted by Crippen LogP contribution is -2.19. The molecule has 0 saturated carbocycles. The average Bonchev–Trinajstić information content (AvgIpc) is 2.61. The molecule has 0 atom stereocenters. The van der Waals surface area contributed by atoms with E-state index in [0.29, 0.717) is 0 Å². The number of aromatic nitrogens is 1. The monoisotopic (exact) mass is 196 g/mol. The highest BCUT2D eigenvalue weighted by Crippen LogP contribution is 2.26. The summed E-state index contributed by atoms with van der Waals surface area (Å²) in [5.74, 6) is 0.958. The highest BCUT2D eigenvalue weighted by Gasteiger charge is 2.16. The van der Waals surface area contributed by atoms with Gasteiger partial charge in [-0.25, -0.2) is 4.98 Å². The molecule has 0 aliphatic carbocycles. The van der Waals surface area contributed by atoms with Crippen LogP contribution in [0.2, 0.25) is 5.02 Å². The first-order valence-corrected chi connectivity index (χ1v) is 5.03. The molecule has 2 heterocycles. The van der Waals surface area contributed by atoms with Crippen LogP contribution in [-0.2, 0) is 0 Å². The second-order valence-corrected chi connectivity index (χ2v) is 3.86. The normalized spacial score (nSPS) is 16.6. The standard InChI is InChI=1S/C10H13ClN2/c1-8-4-5-9(11)10(12-8)13-6-2-3-7-13/h4-5H,2-3,6-7H2,1H3. The van der Waals surface area contributed by atoms with Crippen LogP contribution in [0.3, 0.4) is 0 Å².